The van der Waals surface area contributed by atoms with Gasteiger partial charge >= 0.3 is 18.2 Å². The normalized spacial score (nSPS) is 23.7. The van der Waals surface area contributed by atoms with Gasteiger partial charge in [0.25, 0.3) is 0 Å². The van der Waals surface area contributed by atoms with Crippen molar-refractivity contribution < 1.29 is 28.2 Å². The number of aromatic nitrogens is 2. The second-order valence-electron chi connectivity index (χ2n) is 17.0. The number of benzene rings is 3. The molecular formula is C42H50ClFN6O5. The largest absolute Gasteiger partial charge is 0.461 e. The Morgan fingerprint density at radius 3 is 2.49 bits per heavy atom. The van der Waals surface area contributed by atoms with Crippen molar-refractivity contribution in [2.24, 2.45) is 0 Å². The molecule has 5 heterocycles. The van der Waals surface area contributed by atoms with Gasteiger partial charge in [-0.2, -0.15) is 9.97 Å². The summed E-state index contributed by atoms with van der Waals surface area (Å²) in [7, 11) is 3.36. The lowest BCUT2D eigenvalue weighted by molar-refractivity contribution is 0.0122. The Kier molecular flexibility index (Phi) is 9.72. The van der Waals surface area contributed by atoms with E-state index < -0.39 is 11.4 Å². The Morgan fingerprint density at radius 1 is 1.02 bits per heavy atom. The molecule has 3 aromatic carbocycles. The lowest BCUT2D eigenvalue weighted by atomic mass is 9.94. The van der Waals surface area contributed by atoms with Crippen LogP contribution in [0.4, 0.5) is 19.8 Å². The minimum Gasteiger partial charge on any atom is -0.461 e. The second-order valence-corrected chi connectivity index (χ2v) is 17.4. The Labute approximate surface area is 326 Å². The van der Waals surface area contributed by atoms with Crippen LogP contribution in [0.15, 0.2) is 42.5 Å². The van der Waals surface area contributed by atoms with Gasteiger partial charge in [-0.25, -0.2) is 14.0 Å². The highest BCUT2D eigenvalue weighted by atomic mass is 35.5. The van der Waals surface area contributed by atoms with E-state index >= 15 is 4.39 Å². The van der Waals surface area contributed by atoms with E-state index in [1.165, 1.54) is 4.90 Å². The maximum atomic E-state index is 17.3. The molecule has 0 saturated carbocycles. The molecule has 11 nitrogen and oxygen atoms in total. The molecular weight excluding hydrogens is 723 g/mol. The maximum absolute atomic E-state index is 17.3. The summed E-state index contributed by atoms with van der Waals surface area (Å²) < 4.78 is 35.3. The Bertz CT molecular complexity index is 2150. The summed E-state index contributed by atoms with van der Waals surface area (Å²) in [5, 5.41) is 2.64. The zero-order valence-electron chi connectivity index (χ0n) is 32.5. The predicted molar refractivity (Wildman–Crippen MR) is 212 cm³/mol. The van der Waals surface area contributed by atoms with Gasteiger partial charge in [0.15, 0.2) is 5.82 Å². The summed E-state index contributed by atoms with van der Waals surface area (Å²) in [6.07, 6.45) is 4.66. The topological polar surface area (TPSA) is 101 Å². The molecule has 4 aromatic rings. The van der Waals surface area contributed by atoms with Crippen LogP contribution in [0.5, 0.6) is 6.01 Å². The molecule has 292 valence electrons. The lowest BCUT2D eigenvalue weighted by Crippen LogP contribution is -2.57. The zero-order valence-corrected chi connectivity index (χ0v) is 33.3. The van der Waals surface area contributed by atoms with Gasteiger partial charge in [0.1, 0.15) is 30.1 Å². The molecule has 4 saturated heterocycles. The van der Waals surface area contributed by atoms with Crippen molar-refractivity contribution >= 4 is 51.3 Å². The number of rotatable bonds is 7. The minimum atomic E-state index is -0.609. The Hall–Kier alpha value is -4.42. The summed E-state index contributed by atoms with van der Waals surface area (Å²) >= 11 is 7.07. The van der Waals surface area contributed by atoms with Gasteiger partial charge in [-0.1, -0.05) is 48.0 Å². The fourth-order valence-corrected chi connectivity index (χ4v) is 9.65. The molecule has 13 heteroatoms. The number of carbonyl (C=O) groups is 2. The van der Waals surface area contributed by atoms with Gasteiger partial charge in [0.05, 0.1) is 22.6 Å². The molecule has 0 aliphatic carbocycles. The number of ether oxygens (including phenoxy) is 3. The number of aryl methyl sites for hydroxylation is 1. The summed E-state index contributed by atoms with van der Waals surface area (Å²) in [6, 6.07) is 13.7. The monoisotopic (exact) mass is 772 g/mol. The van der Waals surface area contributed by atoms with Crippen molar-refractivity contribution in [3.05, 3.63) is 58.9 Å². The number of fused-ring (bicyclic) bond motifs is 5. The third kappa shape index (κ3) is 7.01. The van der Waals surface area contributed by atoms with E-state index in [0.717, 1.165) is 61.4 Å². The summed E-state index contributed by atoms with van der Waals surface area (Å²) in [5.74, 6) is -0.00530. The summed E-state index contributed by atoms with van der Waals surface area (Å²) in [4.78, 5) is 43.2. The first-order valence-corrected chi connectivity index (χ1v) is 19.8. The summed E-state index contributed by atoms with van der Waals surface area (Å²) in [5.41, 5.74) is 1.22. The highest BCUT2D eigenvalue weighted by Crippen LogP contribution is 2.45. The van der Waals surface area contributed by atoms with Gasteiger partial charge < -0.3 is 24.0 Å². The van der Waals surface area contributed by atoms with Crippen molar-refractivity contribution in [1.29, 1.82) is 0 Å². The molecule has 4 unspecified atom stereocenters. The van der Waals surface area contributed by atoms with Crippen molar-refractivity contribution in [2.75, 3.05) is 51.8 Å². The molecule has 4 atom stereocenters. The summed E-state index contributed by atoms with van der Waals surface area (Å²) in [6.45, 7) is 10.1. The van der Waals surface area contributed by atoms with Crippen LogP contribution in [0.25, 0.3) is 32.8 Å². The van der Waals surface area contributed by atoms with Crippen LogP contribution >= 0.6 is 11.6 Å². The van der Waals surface area contributed by atoms with Crippen LogP contribution in [0.2, 0.25) is 5.02 Å². The fourth-order valence-electron chi connectivity index (χ4n) is 9.35. The van der Waals surface area contributed by atoms with Gasteiger partial charge in [0.2, 0.25) is 0 Å². The van der Waals surface area contributed by atoms with E-state index in [1.54, 1.807) is 20.2 Å². The first kappa shape index (κ1) is 37.5. The average molecular weight is 773 g/mol. The van der Waals surface area contributed by atoms with Crippen LogP contribution in [-0.2, 0) is 9.47 Å². The van der Waals surface area contributed by atoms with Crippen molar-refractivity contribution in [3.63, 3.8) is 0 Å². The van der Waals surface area contributed by atoms with Crippen molar-refractivity contribution in [2.45, 2.75) is 95.5 Å². The molecule has 55 heavy (non-hydrogen) atoms. The lowest BCUT2D eigenvalue weighted by Gasteiger charge is -2.42. The number of nitrogens with zero attached hydrogens (tertiary/aromatic N) is 6. The van der Waals surface area contributed by atoms with E-state index in [-0.39, 0.29) is 58.0 Å². The van der Waals surface area contributed by atoms with Crippen LogP contribution in [-0.4, -0.2) is 113 Å². The number of anilines is 1. The van der Waals surface area contributed by atoms with Crippen molar-refractivity contribution in [3.8, 4) is 17.1 Å². The maximum Gasteiger partial charge on any atom is 0.410 e. The standard InChI is InChI=1S/C42H50ClFN6O5/c1-25-18-26-10-7-8-11-30(26)31(19-25)34-33(43)20-32-36(35(34)44)45-38(54-24-42-15-9-17-49(42)29(14-16-42)23-53-39(51)47(5)6)46-37(32)48-21-27-12-13-28(22-48)50(27)40(52)55-41(2,3)4/h7-8,10-11,18-20,27-29H,9,12-17,21-24H2,1-6H3. The molecule has 4 aliphatic heterocycles. The number of hydrogen-bond acceptors (Lipinski definition) is 9. The number of hydrogen-bond donors (Lipinski definition) is 0. The third-order valence-corrected chi connectivity index (χ3v) is 12.1. The molecule has 4 fully saturated rings. The quantitative estimate of drug-likeness (QED) is 0.184. The zero-order chi connectivity index (χ0) is 38.8. The highest BCUT2D eigenvalue weighted by molar-refractivity contribution is 6.35. The number of carbonyl (C=O) groups excluding carboxylic acids is 2. The molecule has 4 aliphatic rings. The second kappa shape index (κ2) is 14.3. The van der Waals surface area contributed by atoms with Crippen LogP contribution in [0, 0.1) is 12.7 Å². The number of piperazine rings is 1. The van der Waals surface area contributed by atoms with Crippen molar-refractivity contribution in [1.82, 2.24) is 24.7 Å². The molecule has 1 aromatic heterocycles. The van der Waals surface area contributed by atoms with E-state index in [0.29, 0.717) is 43.1 Å². The van der Waals surface area contributed by atoms with E-state index in [9.17, 15) is 9.59 Å². The highest BCUT2D eigenvalue weighted by Gasteiger charge is 2.50. The third-order valence-electron chi connectivity index (χ3n) is 11.8. The van der Waals surface area contributed by atoms with Crippen LogP contribution in [0.1, 0.15) is 64.9 Å². The van der Waals surface area contributed by atoms with Gasteiger partial charge in [-0.05, 0) is 101 Å². The average Bonchev–Trinajstić information content (AvgIpc) is 3.78. The Balaban J connectivity index is 1.17. The van der Waals surface area contributed by atoms with Crippen LogP contribution in [0.3, 0.4) is 0 Å². The van der Waals surface area contributed by atoms with E-state index in [4.69, 9.17) is 35.8 Å². The van der Waals surface area contributed by atoms with Crippen LogP contribution < -0.4 is 9.64 Å². The molecule has 2 amide bonds. The number of amides is 2. The predicted octanol–water partition coefficient (Wildman–Crippen LogP) is 8.21. The molecule has 2 bridgehead atoms. The first-order valence-electron chi connectivity index (χ1n) is 19.4. The fraction of sp³-hybridized carbons (Fsp3) is 0.524. The first-order chi connectivity index (χ1) is 26.2. The van der Waals surface area contributed by atoms with Gasteiger partial charge in [-0.15, -0.1) is 0 Å². The van der Waals surface area contributed by atoms with Gasteiger partial charge in [0, 0.05) is 44.2 Å². The van der Waals surface area contributed by atoms with E-state index in [2.05, 4.69) is 15.9 Å². The molecule has 0 spiro atoms. The minimum absolute atomic E-state index is 0.0890. The molecule has 8 rings (SSSR count). The SMILES string of the molecule is Cc1cc(-c2c(Cl)cc3c(N4CC5CCC(C4)N5C(=O)OC(C)(C)C)nc(OCC45CCCN4C(COC(=O)N(C)C)CC5)nc3c2F)c2ccccc2c1. The molecule has 0 radical (unpaired) electrons. The molecule has 0 N–H and O–H groups in total. The van der Waals surface area contributed by atoms with E-state index in [1.807, 2.05) is 62.9 Å². The number of halogens is 2. The van der Waals surface area contributed by atoms with Gasteiger partial charge in [-0.3, -0.25) is 9.80 Å². The smallest absolute Gasteiger partial charge is 0.410 e. The Morgan fingerprint density at radius 2 is 1.76 bits per heavy atom.